The zero-order valence-electron chi connectivity index (χ0n) is 12.6. The molecule has 0 rings (SSSR count). The molecule has 0 nitrogen and oxygen atoms in total. The van der Waals surface area contributed by atoms with Crippen LogP contribution in [-0.4, -0.2) is 36.3 Å². The van der Waals surface area contributed by atoms with E-state index in [0.29, 0.717) is 0 Å². The molecule has 0 unspecified atom stereocenters. The first-order chi connectivity index (χ1) is 7.41. The Labute approximate surface area is 133 Å². The first-order valence-electron chi connectivity index (χ1n) is 7.41. The van der Waals surface area contributed by atoms with Gasteiger partial charge in [0.1, 0.15) is 6.71 Å². The van der Waals surface area contributed by atoms with Crippen LogP contribution in [0.15, 0.2) is 0 Å². The van der Waals surface area contributed by atoms with Gasteiger partial charge in [-0.3, -0.25) is 0 Å². The molecule has 98 valence electrons. The summed E-state index contributed by atoms with van der Waals surface area (Å²) in [6.07, 6.45) is 8.62. The van der Waals surface area contributed by atoms with Gasteiger partial charge in [0.25, 0.3) is 0 Å². The minimum absolute atomic E-state index is 0. The average molecular weight is 248 g/mol. The molecular formula is C15H34BNa. The molecule has 0 aromatic carbocycles. The summed E-state index contributed by atoms with van der Waals surface area (Å²) < 4.78 is 0. The normalized spacial score (nSPS) is 11.1. The summed E-state index contributed by atoms with van der Waals surface area (Å²) in [5.74, 6) is 2.63. The van der Waals surface area contributed by atoms with Gasteiger partial charge < -0.3 is 0 Å². The molecule has 0 heterocycles. The predicted octanol–water partition coefficient (Wildman–Crippen LogP) is 4.97. The Bertz CT molecular complexity index is 126. The molecule has 0 aliphatic heterocycles. The van der Waals surface area contributed by atoms with Gasteiger partial charge in [-0.1, -0.05) is 79.8 Å². The Morgan fingerprint density at radius 1 is 0.588 bits per heavy atom. The zero-order chi connectivity index (χ0) is 12.6. The summed E-state index contributed by atoms with van der Waals surface area (Å²) in [5.41, 5.74) is 0. The number of hydrogen-bond donors (Lipinski definition) is 0. The van der Waals surface area contributed by atoms with E-state index >= 15 is 0 Å². The van der Waals surface area contributed by atoms with E-state index < -0.39 is 0 Å². The second-order valence-corrected chi connectivity index (χ2v) is 6.78. The molecule has 0 saturated heterocycles. The van der Waals surface area contributed by atoms with Gasteiger partial charge in [0, 0.05) is 0 Å². The predicted molar refractivity (Wildman–Crippen MR) is 85.7 cm³/mol. The maximum atomic E-state index is 2.35. The first kappa shape index (κ1) is 20.4. The Morgan fingerprint density at radius 3 is 1.00 bits per heavy atom. The van der Waals surface area contributed by atoms with Crippen LogP contribution in [0.4, 0.5) is 0 Å². The molecule has 0 fully saturated rings. The van der Waals surface area contributed by atoms with Crippen molar-refractivity contribution in [1.29, 1.82) is 0 Å². The van der Waals surface area contributed by atoms with Crippen molar-refractivity contribution in [3.05, 3.63) is 0 Å². The molecule has 2 heteroatoms. The monoisotopic (exact) mass is 248 g/mol. The average Bonchev–Trinajstić information content (AvgIpc) is 2.15. The van der Waals surface area contributed by atoms with Crippen molar-refractivity contribution in [3.63, 3.8) is 0 Å². The number of hydrogen-bond acceptors (Lipinski definition) is 0. The van der Waals surface area contributed by atoms with E-state index in [1.54, 1.807) is 0 Å². The van der Waals surface area contributed by atoms with Gasteiger partial charge in [-0.25, -0.2) is 0 Å². The van der Waals surface area contributed by atoms with Crippen molar-refractivity contribution in [3.8, 4) is 0 Å². The van der Waals surface area contributed by atoms with Crippen LogP contribution in [0.5, 0.6) is 0 Å². The Kier molecular flexibility index (Phi) is 14.5. The molecule has 0 radical (unpaired) electrons. The van der Waals surface area contributed by atoms with Crippen molar-refractivity contribution in [2.24, 2.45) is 17.8 Å². The van der Waals surface area contributed by atoms with Crippen LogP contribution < -0.4 is 0 Å². The van der Waals surface area contributed by atoms with Crippen molar-refractivity contribution >= 4 is 36.3 Å². The fourth-order valence-electron chi connectivity index (χ4n) is 2.14. The van der Waals surface area contributed by atoms with Crippen LogP contribution in [0.3, 0.4) is 0 Å². The van der Waals surface area contributed by atoms with Crippen LogP contribution in [0.1, 0.15) is 60.8 Å². The molecule has 0 spiro atoms. The summed E-state index contributed by atoms with van der Waals surface area (Å²) >= 11 is 0. The van der Waals surface area contributed by atoms with E-state index in [1.807, 2.05) is 0 Å². The van der Waals surface area contributed by atoms with E-state index in [-0.39, 0.29) is 29.6 Å². The van der Waals surface area contributed by atoms with E-state index in [2.05, 4.69) is 41.5 Å². The summed E-state index contributed by atoms with van der Waals surface area (Å²) in [6, 6.07) is 0. The third-order valence-corrected chi connectivity index (χ3v) is 3.46. The molecule has 0 atom stereocenters. The molecule has 0 aromatic heterocycles. The van der Waals surface area contributed by atoms with Gasteiger partial charge >= 0.3 is 29.6 Å². The van der Waals surface area contributed by atoms with E-state index in [4.69, 9.17) is 0 Å². The van der Waals surface area contributed by atoms with Crippen LogP contribution in [0.25, 0.3) is 0 Å². The van der Waals surface area contributed by atoms with Gasteiger partial charge in [0.15, 0.2) is 0 Å². The summed E-state index contributed by atoms with van der Waals surface area (Å²) in [5, 5.41) is 0. The zero-order valence-corrected chi connectivity index (χ0v) is 12.6. The van der Waals surface area contributed by atoms with Gasteiger partial charge in [0.2, 0.25) is 0 Å². The fraction of sp³-hybridized carbons (Fsp3) is 1.00. The molecule has 0 N–H and O–H groups in total. The molecule has 0 amide bonds. The van der Waals surface area contributed by atoms with Gasteiger partial charge in [0.05, 0.1) is 0 Å². The first-order valence-corrected chi connectivity index (χ1v) is 7.41. The molecule has 0 aliphatic rings. The second-order valence-electron chi connectivity index (χ2n) is 6.78. The van der Waals surface area contributed by atoms with Gasteiger partial charge in [-0.2, -0.15) is 0 Å². The Morgan fingerprint density at radius 2 is 0.824 bits per heavy atom. The maximum absolute atomic E-state index is 2.35. The summed E-state index contributed by atoms with van der Waals surface area (Å²) in [4.78, 5) is 0. The van der Waals surface area contributed by atoms with Crippen molar-refractivity contribution in [1.82, 2.24) is 0 Å². The topological polar surface area (TPSA) is 0 Å². The van der Waals surface area contributed by atoms with Crippen LogP contribution in [-0.2, 0) is 0 Å². The minimum atomic E-state index is 0. The SMILES string of the molecule is CC(C)CCB(CCC(C)C)CCC(C)C.[NaH]. The van der Waals surface area contributed by atoms with Crippen molar-refractivity contribution in [2.75, 3.05) is 0 Å². The molecule has 0 bridgehead atoms. The second kappa shape index (κ2) is 12.1. The van der Waals surface area contributed by atoms with E-state index in [1.165, 1.54) is 38.2 Å². The third-order valence-electron chi connectivity index (χ3n) is 3.46. The van der Waals surface area contributed by atoms with Crippen LogP contribution >= 0.6 is 0 Å². The van der Waals surface area contributed by atoms with Gasteiger partial charge in [-0.05, 0) is 17.8 Å². The van der Waals surface area contributed by atoms with E-state index in [0.717, 1.165) is 24.5 Å². The van der Waals surface area contributed by atoms with Crippen LogP contribution in [0.2, 0.25) is 19.0 Å². The standard InChI is InChI=1S/C15H33B.Na.H/c1-13(2)7-10-16(11-8-14(3)4)12-9-15(5)6;;/h13-15H,7-12H2,1-6H3;;. The number of rotatable bonds is 9. The fourth-order valence-corrected chi connectivity index (χ4v) is 2.14. The molecular weight excluding hydrogens is 214 g/mol. The van der Waals surface area contributed by atoms with Crippen molar-refractivity contribution in [2.45, 2.75) is 79.8 Å². The van der Waals surface area contributed by atoms with Crippen molar-refractivity contribution < 1.29 is 0 Å². The van der Waals surface area contributed by atoms with Crippen LogP contribution in [0, 0.1) is 17.8 Å². The quantitative estimate of drug-likeness (QED) is 0.505. The molecule has 0 aliphatic carbocycles. The molecule has 0 aromatic rings. The molecule has 17 heavy (non-hydrogen) atoms. The Hall–Kier alpha value is 1.06. The Balaban J connectivity index is 0. The van der Waals surface area contributed by atoms with E-state index in [9.17, 15) is 0 Å². The molecule has 0 saturated carbocycles. The summed E-state index contributed by atoms with van der Waals surface area (Å²) in [6.45, 7) is 15.1. The summed E-state index contributed by atoms with van der Waals surface area (Å²) in [7, 11) is 0. The third kappa shape index (κ3) is 15.0. The van der Waals surface area contributed by atoms with Gasteiger partial charge in [-0.15, -0.1) is 0 Å².